The number of nitrogens with two attached hydrogens (primary N) is 1. The topological polar surface area (TPSA) is 64.3 Å². The molecule has 0 aromatic heterocycles. The van der Waals surface area contributed by atoms with E-state index in [2.05, 4.69) is 12.2 Å². The van der Waals surface area contributed by atoms with Gasteiger partial charge >= 0.3 is 0 Å². The molecule has 1 fully saturated rings. The summed E-state index contributed by atoms with van der Waals surface area (Å²) >= 11 is 0. The van der Waals surface area contributed by atoms with Gasteiger partial charge in [0.2, 0.25) is 5.91 Å². The number of nitrogens with one attached hydrogen (secondary N) is 1. The fourth-order valence-electron chi connectivity index (χ4n) is 1.93. The van der Waals surface area contributed by atoms with Gasteiger partial charge in [-0.2, -0.15) is 0 Å². The number of ether oxygens (including phenoxy) is 1. The highest BCUT2D eigenvalue weighted by atomic mass is 16.5. The number of primary amides is 1. The third-order valence-electron chi connectivity index (χ3n) is 3.21. The Hall–Kier alpha value is -1.71. The largest absolute Gasteiger partial charge is 0.491 e. The lowest BCUT2D eigenvalue weighted by molar-refractivity contribution is -0.118. The van der Waals surface area contributed by atoms with E-state index in [1.165, 1.54) is 12.8 Å². The van der Waals surface area contributed by atoms with Crippen LogP contribution in [-0.4, -0.2) is 18.6 Å². The van der Waals surface area contributed by atoms with E-state index in [4.69, 9.17) is 10.5 Å². The van der Waals surface area contributed by atoms with Crippen molar-refractivity contribution in [2.24, 2.45) is 11.7 Å². The first-order valence-corrected chi connectivity index (χ1v) is 6.43. The van der Waals surface area contributed by atoms with Gasteiger partial charge in [-0.15, -0.1) is 0 Å². The zero-order valence-electron chi connectivity index (χ0n) is 10.7. The highest BCUT2D eigenvalue weighted by Crippen LogP contribution is 2.35. The van der Waals surface area contributed by atoms with E-state index < -0.39 is 0 Å². The standard InChI is InChI=1S/C14H20N2O2/c1-10(11-6-7-11)16-12-4-2-3-5-13(12)18-9-8-14(15)17/h2-5,10-11,16H,6-9H2,1H3,(H2,15,17). The van der Waals surface area contributed by atoms with E-state index in [0.717, 1.165) is 17.4 Å². The highest BCUT2D eigenvalue weighted by molar-refractivity contribution is 5.73. The number of anilines is 1. The Morgan fingerprint density at radius 2 is 2.22 bits per heavy atom. The Labute approximate surface area is 108 Å². The maximum atomic E-state index is 10.7. The zero-order chi connectivity index (χ0) is 13.0. The minimum Gasteiger partial charge on any atom is -0.491 e. The fourth-order valence-corrected chi connectivity index (χ4v) is 1.93. The first-order valence-electron chi connectivity index (χ1n) is 6.43. The molecular weight excluding hydrogens is 228 g/mol. The molecular formula is C14H20N2O2. The predicted octanol–water partition coefficient (Wildman–Crippen LogP) is 2.15. The van der Waals surface area contributed by atoms with Crippen LogP contribution in [0, 0.1) is 5.92 Å². The number of hydrogen-bond acceptors (Lipinski definition) is 3. The van der Waals surface area contributed by atoms with Crippen LogP contribution < -0.4 is 15.8 Å². The SMILES string of the molecule is CC(Nc1ccccc1OCCC(N)=O)C1CC1. The molecule has 1 atom stereocenters. The summed E-state index contributed by atoms with van der Waals surface area (Å²) < 4.78 is 5.59. The van der Waals surface area contributed by atoms with Crippen LogP contribution in [0.2, 0.25) is 0 Å². The van der Waals surface area contributed by atoms with Crippen LogP contribution in [0.3, 0.4) is 0 Å². The van der Waals surface area contributed by atoms with Crippen molar-refractivity contribution in [2.75, 3.05) is 11.9 Å². The Kier molecular flexibility index (Phi) is 4.07. The number of carbonyl (C=O) groups is 1. The van der Waals surface area contributed by atoms with Crippen LogP contribution in [0.5, 0.6) is 5.75 Å². The number of benzene rings is 1. The van der Waals surface area contributed by atoms with Gasteiger partial charge < -0.3 is 15.8 Å². The van der Waals surface area contributed by atoms with Gasteiger partial charge in [0.05, 0.1) is 18.7 Å². The maximum Gasteiger partial charge on any atom is 0.220 e. The van der Waals surface area contributed by atoms with Crippen LogP contribution in [-0.2, 0) is 4.79 Å². The van der Waals surface area contributed by atoms with Crippen molar-refractivity contribution in [1.29, 1.82) is 0 Å². The summed E-state index contributed by atoms with van der Waals surface area (Å²) in [5.74, 6) is 1.22. The number of para-hydroxylation sites is 2. The Morgan fingerprint density at radius 1 is 1.50 bits per heavy atom. The van der Waals surface area contributed by atoms with Gasteiger partial charge in [0.1, 0.15) is 5.75 Å². The molecule has 3 N–H and O–H groups in total. The second-order valence-corrected chi connectivity index (χ2v) is 4.83. The molecule has 1 aliphatic carbocycles. The molecule has 0 spiro atoms. The van der Waals surface area contributed by atoms with E-state index in [9.17, 15) is 4.79 Å². The van der Waals surface area contributed by atoms with Crippen LogP contribution in [0.1, 0.15) is 26.2 Å². The van der Waals surface area contributed by atoms with Crippen LogP contribution in [0.4, 0.5) is 5.69 Å². The van der Waals surface area contributed by atoms with Crippen molar-refractivity contribution in [3.63, 3.8) is 0 Å². The van der Waals surface area contributed by atoms with Crippen molar-refractivity contribution < 1.29 is 9.53 Å². The second-order valence-electron chi connectivity index (χ2n) is 4.83. The van der Waals surface area contributed by atoms with E-state index in [1.54, 1.807) is 0 Å². The summed E-state index contributed by atoms with van der Waals surface area (Å²) in [5.41, 5.74) is 6.08. The molecule has 1 amide bonds. The minimum atomic E-state index is -0.341. The van der Waals surface area contributed by atoms with Crippen LogP contribution in [0.15, 0.2) is 24.3 Å². The number of carbonyl (C=O) groups excluding carboxylic acids is 1. The minimum absolute atomic E-state index is 0.243. The van der Waals surface area contributed by atoms with Gasteiger partial charge in [-0.05, 0) is 37.8 Å². The molecule has 0 bridgehead atoms. The Balaban J connectivity index is 1.93. The molecule has 4 heteroatoms. The molecule has 18 heavy (non-hydrogen) atoms. The van der Waals surface area contributed by atoms with E-state index in [0.29, 0.717) is 12.6 Å². The van der Waals surface area contributed by atoms with Crippen molar-refractivity contribution in [3.05, 3.63) is 24.3 Å². The van der Waals surface area contributed by atoms with Crippen molar-refractivity contribution in [3.8, 4) is 5.75 Å². The summed E-state index contributed by atoms with van der Waals surface area (Å²) in [5, 5.41) is 3.47. The van der Waals surface area contributed by atoms with Gasteiger partial charge in [-0.1, -0.05) is 12.1 Å². The molecule has 0 radical (unpaired) electrons. The highest BCUT2D eigenvalue weighted by Gasteiger charge is 2.28. The Bertz CT molecular complexity index is 416. The third kappa shape index (κ3) is 3.65. The second kappa shape index (κ2) is 5.76. The smallest absolute Gasteiger partial charge is 0.220 e. The lowest BCUT2D eigenvalue weighted by Crippen LogP contribution is -2.18. The van der Waals surface area contributed by atoms with Gasteiger partial charge in [0.15, 0.2) is 0 Å². The predicted molar refractivity (Wildman–Crippen MR) is 71.6 cm³/mol. The lowest BCUT2D eigenvalue weighted by Gasteiger charge is -2.17. The van der Waals surface area contributed by atoms with Crippen molar-refractivity contribution in [1.82, 2.24) is 0 Å². The molecule has 0 aliphatic heterocycles. The average Bonchev–Trinajstić information content (AvgIpc) is 3.14. The molecule has 2 rings (SSSR count). The van der Waals surface area contributed by atoms with E-state index in [1.807, 2.05) is 24.3 Å². The number of hydrogen-bond donors (Lipinski definition) is 2. The van der Waals surface area contributed by atoms with Gasteiger partial charge in [0.25, 0.3) is 0 Å². The molecule has 1 unspecified atom stereocenters. The van der Waals surface area contributed by atoms with Gasteiger partial charge in [-0.25, -0.2) is 0 Å². The summed E-state index contributed by atoms with van der Waals surface area (Å²) in [4.78, 5) is 10.7. The van der Waals surface area contributed by atoms with Crippen molar-refractivity contribution in [2.45, 2.75) is 32.2 Å². The monoisotopic (exact) mass is 248 g/mol. The number of amides is 1. The summed E-state index contributed by atoms with van der Waals surface area (Å²) in [7, 11) is 0. The summed E-state index contributed by atoms with van der Waals surface area (Å²) in [6, 6.07) is 8.27. The van der Waals surface area contributed by atoms with Crippen LogP contribution >= 0.6 is 0 Å². The van der Waals surface area contributed by atoms with E-state index >= 15 is 0 Å². The van der Waals surface area contributed by atoms with Crippen molar-refractivity contribution >= 4 is 11.6 Å². The summed E-state index contributed by atoms with van der Waals surface area (Å²) in [6.45, 7) is 2.52. The first kappa shape index (κ1) is 12.7. The lowest BCUT2D eigenvalue weighted by atomic mass is 10.2. The van der Waals surface area contributed by atoms with E-state index in [-0.39, 0.29) is 12.3 Å². The van der Waals surface area contributed by atoms with Gasteiger partial charge in [0, 0.05) is 6.04 Å². The normalized spacial score (nSPS) is 16.1. The quantitative estimate of drug-likeness (QED) is 0.777. The Morgan fingerprint density at radius 3 is 2.89 bits per heavy atom. The molecule has 4 nitrogen and oxygen atoms in total. The zero-order valence-corrected chi connectivity index (χ0v) is 10.7. The molecule has 1 aromatic carbocycles. The first-order chi connectivity index (χ1) is 8.66. The summed E-state index contributed by atoms with van der Waals surface area (Å²) in [6.07, 6.45) is 2.85. The molecule has 0 saturated heterocycles. The molecule has 98 valence electrons. The third-order valence-corrected chi connectivity index (χ3v) is 3.21. The van der Waals surface area contributed by atoms with Gasteiger partial charge in [-0.3, -0.25) is 4.79 Å². The molecule has 1 aromatic rings. The van der Waals surface area contributed by atoms with Crippen LogP contribution in [0.25, 0.3) is 0 Å². The maximum absolute atomic E-state index is 10.7. The molecule has 0 heterocycles. The average molecular weight is 248 g/mol. The number of rotatable bonds is 7. The molecule has 1 aliphatic rings. The molecule has 1 saturated carbocycles. The fraction of sp³-hybridized carbons (Fsp3) is 0.500.